The zero-order chi connectivity index (χ0) is 14.1. The molecule has 0 fully saturated rings. The summed E-state index contributed by atoms with van der Waals surface area (Å²) in [5.74, 6) is -0.911. The molecule has 0 aliphatic carbocycles. The fraction of sp³-hybridized carbons (Fsp3) is 0.438. The highest BCUT2D eigenvalue weighted by Crippen LogP contribution is 2.13. The minimum Gasteiger partial charge on any atom is -0.478 e. The van der Waals surface area contributed by atoms with Crippen LogP contribution in [0.25, 0.3) is 6.08 Å². The molecule has 0 aliphatic heterocycles. The van der Waals surface area contributed by atoms with Crippen molar-refractivity contribution >= 4 is 12.0 Å². The summed E-state index contributed by atoms with van der Waals surface area (Å²) in [5, 5.41) is 8.69. The smallest absolute Gasteiger partial charge is 0.328 e. The quantitative estimate of drug-likeness (QED) is 0.576. The Labute approximate surface area is 115 Å². The topological polar surface area (TPSA) is 40.5 Å². The molecule has 104 valence electrons. The van der Waals surface area contributed by atoms with Gasteiger partial charge >= 0.3 is 5.97 Å². The summed E-state index contributed by atoms with van der Waals surface area (Å²) >= 11 is 0. The van der Waals surface area contributed by atoms with Crippen molar-refractivity contribution in [2.75, 3.05) is 13.6 Å². The molecule has 1 rings (SSSR count). The van der Waals surface area contributed by atoms with Gasteiger partial charge in [0.05, 0.1) is 0 Å². The van der Waals surface area contributed by atoms with Gasteiger partial charge < -0.3 is 10.0 Å². The average molecular weight is 261 g/mol. The third-order valence-corrected chi connectivity index (χ3v) is 3.04. The molecule has 1 aromatic carbocycles. The molecule has 0 amide bonds. The van der Waals surface area contributed by atoms with Gasteiger partial charge in [-0.3, -0.25) is 0 Å². The fourth-order valence-corrected chi connectivity index (χ4v) is 2.00. The molecule has 0 heterocycles. The largest absolute Gasteiger partial charge is 0.478 e. The Morgan fingerprint density at radius 3 is 2.74 bits per heavy atom. The van der Waals surface area contributed by atoms with Gasteiger partial charge in [-0.05, 0) is 37.2 Å². The first-order valence-corrected chi connectivity index (χ1v) is 6.81. The van der Waals surface area contributed by atoms with Crippen LogP contribution in [0.2, 0.25) is 0 Å². The van der Waals surface area contributed by atoms with Crippen LogP contribution in [-0.4, -0.2) is 29.6 Å². The molecule has 0 saturated carbocycles. The van der Waals surface area contributed by atoms with E-state index in [0.717, 1.165) is 18.7 Å². The maximum atomic E-state index is 10.6. The number of carboxylic acids is 1. The van der Waals surface area contributed by atoms with E-state index >= 15 is 0 Å². The van der Waals surface area contributed by atoms with Gasteiger partial charge in [-0.2, -0.15) is 0 Å². The van der Waals surface area contributed by atoms with Gasteiger partial charge in [-0.25, -0.2) is 4.79 Å². The summed E-state index contributed by atoms with van der Waals surface area (Å²) in [6.07, 6.45) is 6.55. The van der Waals surface area contributed by atoms with Crippen LogP contribution in [0.5, 0.6) is 0 Å². The monoisotopic (exact) mass is 261 g/mol. The van der Waals surface area contributed by atoms with Crippen molar-refractivity contribution in [2.45, 2.75) is 32.7 Å². The molecule has 1 aromatic rings. The lowest BCUT2D eigenvalue weighted by molar-refractivity contribution is -0.131. The van der Waals surface area contributed by atoms with Crippen LogP contribution in [-0.2, 0) is 11.3 Å². The lowest BCUT2D eigenvalue weighted by atomic mass is 10.1. The number of benzene rings is 1. The number of hydrogen-bond acceptors (Lipinski definition) is 2. The van der Waals surface area contributed by atoms with Crippen molar-refractivity contribution in [3.63, 3.8) is 0 Å². The van der Waals surface area contributed by atoms with E-state index in [4.69, 9.17) is 5.11 Å². The van der Waals surface area contributed by atoms with Crippen molar-refractivity contribution in [1.82, 2.24) is 4.90 Å². The van der Waals surface area contributed by atoms with E-state index in [1.165, 1.54) is 30.9 Å². The van der Waals surface area contributed by atoms with Crippen molar-refractivity contribution < 1.29 is 9.90 Å². The SMILES string of the molecule is CCCCCN(C)Cc1ccccc1C=CC(=O)O. The predicted octanol–water partition coefficient (Wildman–Crippen LogP) is 3.41. The van der Waals surface area contributed by atoms with Gasteiger partial charge in [-0.1, -0.05) is 44.0 Å². The average Bonchev–Trinajstić information content (AvgIpc) is 2.38. The first kappa shape index (κ1) is 15.4. The van der Waals surface area contributed by atoms with Gasteiger partial charge in [0.15, 0.2) is 0 Å². The molecular weight excluding hydrogens is 238 g/mol. The maximum absolute atomic E-state index is 10.6. The number of carboxylic acid groups (broad SMARTS) is 1. The van der Waals surface area contributed by atoms with E-state index < -0.39 is 5.97 Å². The summed E-state index contributed by atoms with van der Waals surface area (Å²) in [6.45, 7) is 4.13. The Balaban J connectivity index is 2.64. The number of aliphatic carboxylic acids is 1. The van der Waals surface area contributed by atoms with Gasteiger partial charge in [0.1, 0.15) is 0 Å². The first-order chi connectivity index (χ1) is 9.13. The molecule has 0 aromatic heterocycles. The van der Waals surface area contributed by atoms with Crippen LogP contribution in [0.4, 0.5) is 0 Å². The molecule has 0 saturated heterocycles. The number of nitrogens with zero attached hydrogens (tertiary/aromatic N) is 1. The molecule has 0 spiro atoms. The standard InChI is InChI=1S/C16H23NO2/c1-3-4-7-12-17(2)13-15-9-6-5-8-14(15)10-11-16(18)19/h5-6,8-11H,3-4,7,12-13H2,1-2H3,(H,18,19). The van der Waals surface area contributed by atoms with Crippen molar-refractivity contribution in [1.29, 1.82) is 0 Å². The van der Waals surface area contributed by atoms with Crippen molar-refractivity contribution in [2.24, 2.45) is 0 Å². The van der Waals surface area contributed by atoms with Gasteiger partial charge in [0.2, 0.25) is 0 Å². The Morgan fingerprint density at radius 1 is 1.32 bits per heavy atom. The third-order valence-electron chi connectivity index (χ3n) is 3.04. The number of carbonyl (C=O) groups is 1. The van der Waals surface area contributed by atoms with Crippen LogP contribution >= 0.6 is 0 Å². The van der Waals surface area contributed by atoms with E-state index in [1.807, 2.05) is 18.2 Å². The van der Waals surface area contributed by atoms with Crippen molar-refractivity contribution in [3.8, 4) is 0 Å². The van der Waals surface area contributed by atoms with Gasteiger partial charge in [0, 0.05) is 12.6 Å². The highest BCUT2D eigenvalue weighted by atomic mass is 16.4. The zero-order valence-electron chi connectivity index (χ0n) is 11.8. The maximum Gasteiger partial charge on any atom is 0.328 e. The second-order valence-corrected chi connectivity index (χ2v) is 4.82. The Hall–Kier alpha value is -1.61. The molecule has 3 nitrogen and oxygen atoms in total. The van der Waals surface area contributed by atoms with E-state index in [9.17, 15) is 4.79 Å². The van der Waals surface area contributed by atoms with Crippen LogP contribution in [0, 0.1) is 0 Å². The lowest BCUT2D eigenvalue weighted by Crippen LogP contribution is -2.19. The molecule has 0 unspecified atom stereocenters. The minimum atomic E-state index is -0.911. The van der Waals surface area contributed by atoms with Crippen LogP contribution < -0.4 is 0 Å². The summed E-state index contributed by atoms with van der Waals surface area (Å²) in [6, 6.07) is 7.93. The summed E-state index contributed by atoms with van der Waals surface area (Å²) in [7, 11) is 2.10. The molecular formula is C16H23NO2. The lowest BCUT2D eigenvalue weighted by Gasteiger charge is -2.17. The van der Waals surface area contributed by atoms with Crippen LogP contribution in [0.3, 0.4) is 0 Å². The first-order valence-electron chi connectivity index (χ1n) is 6.81. The molecule has 3 heteroatoms. The predicted molar refractivity (Wildman–Crippen MR) is 79.0 cm³/mol. The normalized spacial score (nSPS) is 11.3. The highest BCUT2D eigenvalue weighted by molar-refractivity contribution is 5.85. The van der Waals surface area contributed by atoms with Crippen LogP contribution in [0.15, 0.2) is 30.3 Å². The molecule has 0 atom stereocenters. The Bertz CT molecular complexity index is 427. The van der Waals surface area contributed by atoms with E-state index in [2.05, 4.69) is 24.9 Å². The summed E-state index contributed by atoms with van der Waals surface area (Å²) in [5.41, 5.74) is 2.14. The van der Waals surface area contributed by atoms with E-state index in [0.29, 0.717) is 0 Å². The molecule has 1 N–H and O–H groups in total. The number of hydrogen-bond donors (Lipinski definition) is 1. The number of rotatable bonds is 8. The second kappa shape index (κ2) is 8.48. The molecule has 0 radical (unpaired) electrons. The second-order valence-electron chi connectivity index (χ2n) is 4.82. The van der Waals surface area contributed by atoms with Gasteiger partial charge in [-0.15, -0.1) is 0 Å². The number of unbranched alkanes of at least 4 members (excludes halogenated alkanes) is 2. The highest BCUT2D eigenvalue weighted by Gasteiger charge is 2.03. The van der Waals surface area contributed by atoms with Crippen molar-refractivity contribution in [3.05, 3.63) is 41.5 Å². The molecule has 0 bridgehead atoms. The zero-order valence-corrected chi connectivity index (χ0v) is 11.8. The third kappa shape index (κ3) is 6.20. The van der Waals surface area contributed by atoms with Crippen LogP contribution in [0.1, 0.15) is 37.3 Å². The molecule has 19 heavy (non-hydrogen) atoms. The van der Waals surface area contributed by atoms with E-state index in [-0.39, 0.29) is 0 Å². The Kier molecular flexibility index (Phi) is 6.90. The summed E-state index contributed by atoms with van der Waals surface area (Å²) in [4.78, 5) is 12.9. The van der Waals surface area contributed by atoms with Gasteiger partial charge in [0.25, 0.3) is 0 Å². The summed E-state index contributed by atoms with van der Waals surface area (Å²) < 4.78 is 0. The minimum absolute atomic E-state index is 0.851. The Morgan fingerprint density at radius 2 is 2.05 bits per heavy atom. The fourth-order valence-electron chi connectivity index (χ4n) is 2.00. The molecule has 0 aliphatic rings. The van der Waals surface area contributed by atoms with E-state index in [1.54, 1.807) is 6.08 Å².